The van der Waals surface area contributed by atoms with Gasteiger partial charge in [-0.05, 0) is 78.4 Å². The van der Waals surface area contributed by atoms with Crippen molar-refractivity contribution in [1.82, 2.24) is 4.57 Å². The van der Waals surface area contributed by atoms with Crippen molar-refractivity contribution in [3.05, 3.63) is 205 Å². The summed E-state index contributed by atoms with van der Waals surface area (Å²) < 4.78 is 16.7. The number of rotatable bonds is 5. The van der Waals surface area contributed by atoms with E-state index in [1.807, 2.05) is 0 Å². The highest BCUT2D eigenvalue weighted by Gasteiger charge is 2.41. The fraction of sp³-hybridized carbons (Fsp3) is 0.129. The SMILES string of the molecule is CC(C)(C)c1ccc(-c2cccc3c4cccc(-c5ccc(C(C)(C)C)cc5)c4n(-c4cc5c6c(c4)Oc4ccc(-c7ccccc7)cc4B6c4cc(-c6ccccc6)ccc4O5)c23)cc1. The lowest BCUT2D eigenvalue weighted by molar-refractivity contribution is 0.464. The zero-order valence-electron chi connectivity index (χ0n) is 38.3. The van der Waals surface area contributed by atoms with Crippen LogP contribution in [0.25, 0.3) is 72.0 Å². The van der Waals surface area contributed by atoms with Crippen LogP contribution in [0.2, 0.25) is 0 Å². The van der Waals surface area contributed by atoms with Crippen LogP contribution in [0.15, 0.2) is 194 Å². The molecule has 9 aromatic carbocycles. The highest BCUT2D eigenvalue weighted by atomic mass is 16.5. The van der Waals surface area contributed by atoms with Gasteiger partial charge in [-0.2, -0.15) is 0 Å². The Balaban J connectivity index is 1.12. The molecule has 0 bridgehead atoms. The molecule has 0 amide bonds. The summed E-state index contributed by atoms with van der Waals surface area (Å²) in [5.74, 6) is 3.32. The number of fused-ring (bicyclic) bond motifs is 7. The van der Waals surface area contributed by atoms with Gasteiger partial charge in [-0.25, -0.2) is 0 Å². The zero-order chi connectivity index (χ0) is 44.9. The first-order chi connectivity index (χ1) is 32.0. The van der Waals surface area contributed by atoms with E-state index in [-0.39, 0.29) is 17.5 Å². The van der Waals surface area contributed by atoms with Gasteiger partial charge >= 0.3 is 0 Å². The average Bonchev–Trinajstić information content (AvgIpc) is 3.68. The van der Waals surface area contributed by atoms with Crippen molar-refractivity contribution < 1.29 is 9.47 Å². The van der Waals surface area contributed by atoms with Gasteiger partial charge in [0.25, 0.3) is 6.71 Å². The smallest absolute Gasteiger partial charge is 0.260 e. The largest absolute Gasteiger partial charge is 0.458 e. The molecule has 4 heteroatoms. The van der Waals surface area contributed by atoms with Gasteiger partial charge in [-0.1, -0.05) is 211 Å². The van der Waals surface area contributed by atoms with Crippen LogP contribution in [0.3, 0.4) is 0 Å². The summed E-state index contributed by atoms with van der Waals surface area (Å²) in [6.07, 6.45) is 0. The molecule has 12 rings (SSSR count). The van der Waals surface area contributed by atoms with Gasteiger partial charge in [-0.15, -0.1) is 0 Å². The maximum absolute atomic E-state index is 7.13. The molecule has 3 nitrogen and oxygen atoms in total. The van der Waals surface area contributed by atoms with Crippen molar-refractivity contribution in [2.45, 2.75) is 52.4 Å². The Morgan fingerprint density at radius 1 is 0.364 bits per heavy atom. The van der Waals surface area contributed by atoms with Gasteiger partial charge in [0, 0.05) is 39.5 Å². The Labute approximate surface area is 388 Å². The van der Waals surface area contributed by atoms with Crippen LogP contribution in [0.5, 0.6) is 23.0 Å². The normalized spacial score (nSPS) is 12.9. The van der Waals surface area contributed by atoms with Crippen molar-refractivity contribution in [2.75, 3.05) is 0 Å². The molecule has 0 spiro atoms. The molecule has 2 aliphatic rings. The van der Waals surface area contributed by atoms with Crippen molar-refractivity contribution >= 4 is 44.9 Å². The standard InChI is InChI=1S/C62H50BNO2/c1-61(2,3)45-29-23-41(24-30-45)48-19-13-21-50-51-22-14-20-49(42-25-31-46(32-26-42)62(4,5)6)60(51)64(59(48)50)47-37-56-58-57(38-47)66-55-34-28-44(40-17-11-8-12-18-40)36-53(55)63(58)52-35-43(27-33-54(52)65-56)39-15-9-7-10-16-39/h7-38H,1-6H3. The van der Waals surface area contributed by atoms with Gasteiger partial charge in [-0.3, -0.25) is 0 Å². The minimum Gasteiger partial charge on any atom is -0.458 e. The summed E-state index contributed by atoms with van der Waals surface area (Å²) in [7, 11) is 0. The van der Waals surface area contributed by atoms with Gasteiger partial charge in [0.2, 0.25) is 0 Å². The summed E-state index contributed by atoms with van der Waals surface area (Å²) in [5, 5.41) is 2.39. The van der Waals surface area contributed by atoms with Crippen LogP contribution in [-0.2, 0) is 10.8 Å². The lowest BCUT2D eigenvalue weighted by Crippen LogP contribution is -2.57. The number of ether oxygens (including phenoxy) is 2. The molecule has 0 unspecified atom stereocenters. The summed E-state index contributed by atoms with van der Waals surface area (Å²) in [6, 6.07) is 70.9. The predicted octanol–water partition coefficient (Wildman–Crippen LogP) is 14.8. The summed E-state index contributed by atoms with van der Waals surface area (Å²) in [4.78, 5) is 0. The molecule has 0 atom stereocenters. The molecule has 1 aromatic heterocycles. The Morgan fingerprint density at radius 3 is 1.18 bits per heavy atom. The van der Waals surface area contributed by atoms with Crippen LogP contribution in [-0.4, -0.2) is 11.3 Å². The van der Waals surface area contributed by atoms with Crippen molar-refractivity contribution in [3.8, 4) is 73.2 Å². The van der Waals surface area contributed by atoms with E-state index >= 15 is 0 Å². The lowest BCUT2D eigenvalue weighted by Gasteiger charge is -2.34. The number of hydrogen-bond donors (Lipinski definition) is 0. The third kappa shape index (κ3) is 6.58. The van der Waals surface area contributed by atoms with Crippen LogP contribution in [0.4, 0.5) is 0 Å². The van der Waals surface area contributed by atoms with Gasteiger partial charge in [0.05, 0.1) is 16.7 Å². The third-order valence-electron chi connectivity index (χ3n) is 13.9. The Bertz CT molecular complexity index is 3290. The molecule has 0 radical (unpaired) electrons. The van der Waals surface area contributed by atoms with E-state index in [1.54, 1.807) is 0 Å². The van der Waals surface area contributed by atoms with E-state index in [0.717, 1.165) is 67.2 Å². The molecule has 0 saturated carbocycles. The summed E-state index contributed by atoms with van der Waals surface area (Å²) >= 11 is 0. The molecular weight excluding hydrogens is 801 g/mol. The number of aromatic nitrogens is 1. The molecule has 0 N–H and O–H groups in total. The number of nitrogens with zero attached hydrogens (tertiary/aromatic N) is 1. The third-order valence-corrected chi connectivity index (χ3v) is 13.9. The number of para-hydroxylation sites is 2. The number of benzene rings is 9. The molecule has 2 aliphatic heterocycles. The molecule has 10 aromatic rings. The van der Waals surface area contributed by atoms with E-state index in [1.165, 1.54) is 55.3 Å². The maximum atomic E-state index is 7.13. The summed E-state index contributed by atoms with van der Waals surface area (Å²) in [5.41, 5.74) is 18.6. The van der Waals surface area contributed by atoms with E-state index < -0.39 is 0 Å². The van der Waals surface area contributed by atoms with Crippen LogP contribution in [0.1, 0.15) is 52.7 Å². The maximum Gasteiger partial charge on any atom is 0.260 e. The Kier molecular flexibility index (Phi) is 9.09. The highest BCUT2D eigenvalue weighted by Crippen LogP contribution is 2.45. The first kappa shape index (κ1) is 40.0. The minimum atomic E-state index is -0.115. The average molecular weight is 852 g/mol. The van der Waals surface area contributed by atoms with E-state index in [0.29, 0.717) is 0 Å². The van der Waals surface area contributed by atoms with Crippen molar-refractivity contribution in [1.29, 1.82) is 0 Å². The van der Waals surface area contributed by atoms with Gasteiger partial charge < -0.3 is 14.0 Å². The monoisotopic (exact) mass is 851 g/mol. The second kappa shape index (κ2) is 15.0. The number of hydrogen-bond acceptors (Lipinski definition) is 2. The summed E-state index contributed by atoms with van der Waals surface area (Å²) in [6.45, 7) is 13.5. The molecule has 66 heavy (non-hydrogen) atoms. The van der Waals surface area contributed by atoms with Crippen LogP contribution >= 0.6 is 0 Å². The first-order valence-corrected chi connectivity index (χ1v) is 23.2. The second-order valence-corrected chi connectivity index (χ2v) is 20.1. The lowest BCUT2D eigenvalue weighted by atomic mass is 9.34. The van der Waals surface area contributed by atoms with Crippen molar-refractivity contribution in [3.63, 3.8) is 0 Å². The minimum absolute atomic E-state index is 0.0444. The van der Waals surface area contributed by atoms with Crippen molar-refractivity contribution in [2.24, 2.45) is 0 Å². The highest BCUT2D eigenvalue weighted by molar-refractivity contribution is 6.98. The van der Waals surface area contributed by atoms with Gasteiger partial charge in [0.15, 0.2) is 0 Å². The van der Waals surface area contributed by atoms with Gasteiger partial charge in [0.1, 0.15) is 23.0 Å². The first-order valence-electron chi connectivity index (χ1n) is 23.2. The van der Waals surface area contributed by atoms with E-state index in [2.05, 4.69) is 240 Å². The molecule has 0 saturated heterocycles. The fourth-order valence-corrected chi connectivity index (χ4v) is 10.4. The molecule has 318 valence electrons. The molecule has 0 aliphatic carbocycles. The van der Waals surface area contributed by atoms with Crippen LogP contribution < -0.4 is 25.9 Å². The molecule has 3 heterocycles. The molecule has 0 fully saturated rings. The Morgan fingerprint density at radius 2 is 0.773 bits per heavy atom. The predicted molar refractivity (Wildman–Crippen MR) is 278 cm³/mol. The Hall–Kier alpha value is -7.56. The second-order valence-electron chi connectivity index (χ2n) is 20.1. The van der Waals surface area contributed by atoms with E-state index in [4.69, 9.17) is 9.47 Å². The quantitative estimate of drug-likeness (QED) is 0.161. The van der Waals surface area contributed by atoms with E-state index in [9.17, 15) is 0 Å². The van der Waals surface area contributed by atoms with Crippen LogP contribution in [0, 0.1) is 0 Å². The topological polar surface area (TPSA) is 23.4 Å². The fourth-order valence-electron chi connectivity index (χ4n) is 10.4. The molecular formula is C62H50BNO2. The zero-order valence-corrected chi connectivity index (χ0v) is 38.3.